The fraction of sp³-hybridized carbons (Fsp3) is 0. The maximum Gasteiger partial charge on any atom is 3.00 e. The number of rotatable bonds is 11. The van der Waals surface area contributed by atoms with Crippen molar-refractivity contribution in [2.75, 3.05) is 0 Å². The van der Waals surface area contributed by atoms with Gasteiger partial charge in [-0.05, 0) is 111 Å². The molecule has 0 aliphatic carbocycles. The van der Waals surface area contributed by atoms with Gasteiger partial charge in [0.05, 0.1) is 44.7 Å². The maximum absolute atomic E-state index is 13.7. The number of pyridine rings is 4. The van der Waals surface area contributed by atoms with E-state index in [0.717, 1.165) is 122 Å². The van der Waals surface area contributed by atoms with Gasteiger partial charge in [-0.25, -0.2) is 5.56 Å². The molecule has 0 fully saturated rings. The maximum atomic E-state index is 13.7. The van der Waals surface area contributed by atoms with Crippen molar-refractivity contribution < 1.29 is 40.2 Å². The van der Waals surface area contributed by atoms with Gasteiger partial charge in [0, 0.05) is 41.7 Å². The SMILES string of the molecule is O=c1c2ccccc2nc2c(Br)c(-c3ccccc3-c3cc(-c4ccc[c-]c4-c4c[c-]c(-n5nc6ccccc6n5)[c-]c4)cc(-c4ccccc4-c4c[c-]n5c(=O)c6ccccc6nc5c4Br)c3)c[c-]n12.O=c1c2ccccc2nc2c(Br)c(-c3ccccc3-c3cccc(-c4ccccc4-c4c[c-]n5c(=O)c6ccccc6nc5c4Br)c3)c[c-]n12.[Ir+3].[Ir]. The second kappa shape index (κ2) is 33.1. The number of halogens is 4. The van der Waals surface area contributed by atoms with Gasteiger partial charge in [0.15, 0.2) is 22.2 Å². The normalized spacial score (nSPS) is 11.4. The summed E-state index contributed by atoms with van der Waals surface area (Å²) in [6.07, 6.45) is 12.8. The van der Waals surface area contributed by atoms with E-state index in [9.17, 15) is 19.2 Å². The quantitative estimate of drug-likeness (QED) is 0.0897. The number of fused-ring (bicyclic) bond motifs is 9. The Morgan fingerprint density at radius 1 is 0.252 bits per heavy atom. The van der Waals surface area contributed by atoms with Crippen LogP contribution in [0.15, 0.2) is 353 Å². The van der Waals surface area contributed by atoms with Crippen molar-refractivity contribution in [2.24, 2.45) is 0 Å². The van der Waals surface area contributed by atoms with Crippen LogP contribution in [0, 0.1) is 43.0 Å². The minimum absolute atomic E-state index is 0. The molecule has 21 heteroatoms. The average molecular weight is 2200 g/mol. The van der Waals surface area contributed by atoms with Crippen molar-refractivity contribution in [2.45, 2.75) is 0 Å². The number of para-hydroxylation sites is 4. The Morgan fingerprint density at radius 2 is 0.520 bits per heavy atom. The van der Waals surface area contributed by atoms with Gasteiger partial charge in [-0.3, -0.25) is 37.6 Å². The fourth-order valence-corrected chi connectivity index (χ4v) is 18.3. The molecule has 0 saturated carbocycles. The molecule has 9 heterocycles. The molecule has 22 aromatic rings. The van der Waals surface area contributed by atoms with Crippen molar-refractivity contribution in [3.05, 3.63) is 418 Å². The first-order valence-electron chi connectivity index (χ1n) is 38.3. The molecule has 0 saturated heterocycles. The van der Waals surface area contributed by atoms with Gasteiger partial charge in [-0.1, -0.05) is 351 Å². The topological polar surface area (TPSA) is 168 Å². The molecule has 9 aromatic heterocycles. The average Bonchev–Trinajstić information content (AvgIpc) is 1.75. The molecule has 0 atom stereocenters. The second-order valence-electron chi connectivity index (χ2n) is 28.8. The summed E-state index contributed by atoms with van der Waals surface area (Å²) in [5.74, 6) is 0. The molecule has 22 rings (SSSR count). The number of hydrogen-bond acceptors (Lipinski definition) is 10. The monoisotopic (exact) mass is 2200 g/mol. The molecule has 15 nitrogen and oxygen atoms in total. The van der Waals surface area contributed by atoms with E-state index in [1.807, 2.05) is 194 Å². The molecule has 589 valence electrons. The van der Waals surface area contributed by atoms with Crippen LogP contribution in [0.25, 0.3) is 194 Å². The second-order valence-corrected chi connectivity index (χ2v) is 31.9. The van der Waals surface area contributed by atoms with Crippen molar-refractivity contribution in [3.8, 4) is 117 Å². The third kappa shape index (κ3) is 14.1. The number of aromatic nitrogens is 11. The molecule has 0 bridgehead atoms. The molecule has 0 aliphatic heterocycles. The summed E-state index contributed by atoms with van der Waals surface area (Å²) in [7, 11) is 0. The smallest absolute Gasteiger partial charge is 0.388 e. The summed E-state index contributed by atoms with van der Waals surface area (Å²) >= 11 is 15.4. The van der Waals surface area contributed by atoms with E-state index in [0.29, 0.717) is 89.8 Å². The standard InChI is InChI=1S/C60H30Br2N7O2.C42H22Br2N4O2.2Ir/c61-55-47(29-31-67-57(55)63-51-21-9-7-19-49(51)59(67)70)45-17-5-3-15-43(45)38-33-37(42-14-2-1-13-41(42)36-25-27-40(28-26-36)69-65-53-23-11-12-24-54(53)66-69)34-39(35-38)44-16-4-6-18-46(44)48-30-32-68-58(56(48)62)64-52-22-10-8-20-50(52)60(68)71;43-37-31(20-22-47-39(37)45-35-18-7-5-16-33(35)41(47)49)29-14-3-1-12-27(29)25-10-9-11-26(24-25)28-13-2-4-15-30(28)32-21-23-48-40(38(32)44)46-36-19-8-6-17-34(36)42(48)50;;/h1-12,14-26,29-30,33-35H;1-21,24H;;/q-5;-2;;+3. The molecule has 123 heavy (non-hydrogen) atoms. The van der Waals surface area contributed by atoms with Crippen LogP contribution >= 0.6 is 63.7 Å². The fourth-order valence-electron chi connectivity index (χ4n) is 16.0. The Bertz CT molecular complexity index is 7950. The zero-order chi connectivity index (χ0) is 81.7. The van der Waals surface area contributed by atoms with Crippen LogP contribution in [0.1, 0.15) is 0 Å². The van der Waals surface area contributed by atoms with Crippen molar-refractivity contribution in [3.63, 3.8) is 0 Å². The van der Waals surface area contributed by atoms with E-state index >= 15 is 0 Å². The van der Waals surface area contributed by atoms with Crippen LogP contribution in [-0.2, 0) is 40.2 Å². The predicted octanol–water partition coefficient (Wildman–Crippen LogP) is 23.1. The van der Waals surface area contributed by atoms with Crippen LogP contribution in [0.5, 0.6) is 0 Å². The molecule has 13 aromatic carbocycles. The van der Waals surface area contributed by atoms with E-state index in [1.54, 1.807) is 29.1 Å². The summed E-state index contributed by atoms with van der Waals surface area (Å²) in [6.45, 7) is 0. The summed E-state index contributed by atoms with van der Waals surface area (Å²) in [6, 6.07) is 113. The molecule has 0 N–H and O–H groups in total. The Labute approximate surface area is 761 Å². The van der Waals surface area contributed by atoms with Gasteiger partial charge >= 0.3 is 20.1 Å². The van der Waals surface area contributed by atoms with Crippen molar-refractivity contribution >= 4 is 141 Å². The zero-order valence-electron chi connectivity index (χ0n) is 63.8. The Kier molecular flexibility index (Phi) is 21.4. The largest absolute Gasteiger partial charge is 3.00 e. The third-order valence-corrected chi connectivity index (χ3v) is 24.9. The first-order valence-corrected chi connectivity index (χ1v) is 41.5. The first-order chi connectivity index (χ1) is 59.3. The van der Waals surface area contributed by atoms with E-state index < -0.39 is 0 Å². The van der Waals surface area contributed by atoms with E-state index in [-0.39, 0.29) is 62.4 Å². The summed E-state index contributed by atoms with van der Waals surface area (Å²) in [5, 5.41) is 11.4. The zero-order valence-corrected chi connectivity index (χ0v) is 74.9. The van der Waals surface area contributed by atoms with E-state index in [4.69, 9.17) is 19.9 Å². The summed E-state index contributed by atoms with van der Waals surface area (Å²) < 4.78 is 8.62. The predicted molar refractivity (Wildman–Crippen MR) is 492 cm³/mol. The number of hydrogen-bond donors (Lipinski definition) is 0. The van der Waals surface area contributed by atoms with Crippen LogP contribution in [0.3, 0.4) is 0 Å². The van der Waals surface area contributed by atoms with Crippen molar-refractivity contribution in [1.29, 1.82) is 0 Å². The van der Waals surface area contributed by atoms with Gasteiger partial charge in [-0.2, -0.15) is 26.7 Å². The Morgan fingerprint density at radius 3 is 0.854 bits per heavy atom. The minimum Gasteiger partial charge on any atom is -0.388 e. The minimum atomic E-state index is -0.194. The van der Waals surface area contributed by atoms with Gasteiger partial charge < -0.3 is 48.9 Å². The van der Waals surface area contributed by atoms with E-state index in [1.165, 1.54) is 17.6 Å². The molecule has 0 unspecified atom stereocenters. The van der Waals surface area contributed by atoms with Crippen LogP contribution < -0.4 is 22.2 Å². The number of benzene rings is 13. The Hall–Kier alpha value is -13.0. The van der Waals surface area contributed by atoms with E-state index in [2.05, 4.69) is 214 Å². The summed E-state index contributed by atoms with van der Waals surface area (Å²) in [5.41, 5.74) is 24.5. The van der Waals surface area contributed by atoms with Crippen molar-refractivity contribution in [1.82, 2.24) is 52.5 Å². The van der Waals surface area contributed by atoms with Gasteiger partial charge in [0.1, 0.15) is 11.0 Å². The first kappa shape index (κ1) is 79.7. The van der Waals surface area contributed by atoms with Gasteiger partial charge in [-0.15, -0.1) is 48.0 Å². The van der Waals surface area contributed by atoms with Gasteiger partial charge in [0.2, 0.25) is 0 Å². The summed E-state index contributed by atoms with van der Waals surface area (Å²) in [4.78, 5) is 75.0. The molecule has 1 radical (unpaired) electrons. The molecular formula is C102H52Br4Ir2N11O4-4. The van der Waals surface area contributed by atoms with Crippen LogP contribution in [0.4, 0.5) is 0 Å². The Balaban J connectivity index is 0.000000169. The molecule has 0 spiro atoms. The molecule has 0 aliphatic rings. The third-order valence-electron chi connectivity index (χ3n) is 21.8. The number of nitrogens with zero attached hydrogens (tertiary/aromatic N) is 11. The van der Waals surface area contributed by atoms with Crippen LogP contribution in [-0.4, -0.2) is 52.5 Å². The van der Waals surface area contributed by atoms with Crippen LogP contribution in [0.2, 0.25) is 0 Å². The molecular weight excluding hydrogens is 2150 g/mol. The molecule has 0 amide bonds. The van der Waals surface area contributed by atoms with Gasteiger partial charge in [0.25, 0.3) is 0 Å².